The fourth-order valence-electron chi connectivity index (χ4n) is 2.10. The minimum absolute atomic E-state index is 0.325. The van der Waals surface area contributed by atoms with E-state index in [1.165, 1.54) is 12.1 Å². The fourth-order valence-corrected chi connectivity index (χ4v) is 2.35. The molecule has 0 fully saturated rings. The van der Waals surface area contributed by atoms with Crippen LogP contribution in [0, 0.1) is 5.82 Å². The largest absolute Gasteiger partial charge is 0.381 e. The molecule has 0 saturated heterocycles. The molecule has 0 aliphatic carbocycles. The van der Waals surface area contributed by atoms with Crippen molar-refractivity contribution in [2.45, 2.75) is 6.54 Å². The number of hydrogen-bond acceptors (Lipinski definition) is 2. The number of nitrogens with zero attached hydrogens (tertiary/aromatic N) is 1. The molecule has 0 aliphatic rings. The SMILES string of the molecule is Fc1cc(Cl)cc(CNc2ccc(-c3ccn[nH]3)cc2)c1. The quantitative estimate of drug-likeness (QED) is 0.746. The molecule has 106 valence electrons. The van der Waals surface area contributed by atoms with Crippen LogP contribution < -0.4 is 5.32 Å². The van der Waals surface area contributed by atoms with E-state index in [4.69, 9.17) is 11.6 Å². The first-order valence-electron chi connectivity index (χ1n) is 6.49. The summed E-state index contributed by atoms with van der Waals surface area (Å²) in [5.74, 6) is -0.325. The molecule has 3 nitrogen and oxygen atoms in total. The van der Waals surface area contributed by atoms with Crippen LogP contribution in [0.2, 0.25) is 5.02 Å². The zero-order chi connectivity index (χ0) is 14.7. The Labute approximate surface area is 126 Å². The highest BCUT2D eigenvalue weighted by molar-refractivity contribution is 6.30. The molecule has 1 aromatic heterocycles. The average Bonchev–Trinajstić information content (AvgIpc) is 2.99. The summed E-state index contributed by atoms with van der Waals surface area (Å²) in [5.41, 5.74) is 3.79. The third-order valence-electron chi connectivity index (χ3n) is 3.12. The van der Waals surface area contributed by atoms with Crippen molar-refractivity contribution < 1.29 is 4.39 Å². The van der Waals surface area contributed by atoms with Crippen molar-refractivity contribution in [3.63, 3.8) is 0 Å². The van der Waals surface area contributed by atoms with Gasteiger partial charge in [-0.3, -0.25) is 5.10 Å². The Bertz CT molecular complexity index is 704. The number of aromatic amines is 1. The topological polar surface area (TPSA) is 40.7 Å². The maximum atomic E-state index is 13.2. The van der Waals surface area contributed by atoms with E-state index in [1.54, 1.807) is 12.3 Å². The smallest absolute Gasteiger partial charge is 0.125 e. The van der Waals surface area contributed by atoms with Gasteiger partial charge < -0.3 is 5.32 Å². The summed E-state index contributed by atoms with van der Waals surface area (Å²) >= 11 is 5.83. The van der Waals surface area contributed by atoms with Crippen LogP contribution in [0.15, 0.2) is 54.7 Å². The Hall–Kier alpha value is -2.33. The van der Waals surface area contributed by atoms with Crippen molar-refractivity contribution >= 4 is 17.3 Å². The monoisotopic (exact) mass is 301 g/mol. The second kappa shape index (κ2) is 5.97. The average molecular weight is 302 g/mol. The lowest BCUT2D eigenvalue weighted by Gasteiger charge is -2.08. The lowest BCUT2D eigenvalue weighted by Crippen LogP contribution is -1.99. The van der Waals surface area contributed by atoms with Crippen LogP contribution in [0.3, 0.4) is 0 Å². The molecule has 0 saturated carbocycles. The molecule has 0 radical (unpaired) electrons. The van der Waals surface area contributed by atoms with Crippen LogP contribution in [0.5, 0.6) is 0 Å². The molecule has 3 aromatic rings. The van der Waals surface area contributed by atoms with Crippen molar-refractivity contribution in [1.82, 2.24) is 10.2 Å². The van der Waals surface area contributed by atoms with Gasteiger partial charge in [0.1, 0.15) is 5.82 Å². The Morgan fingerprint density at radius 1 is 1.10 bits per heavy atom. The van der Waals surface area contributed by atoms with E-state index in [-0.39, 0.29) is 5.82 Å². The lowest BCUT2D eigenvalue weighted by atomic mass is 10.1. The highest BCUT2D eigenvalue weighted by atomic mass is 35.5. The molecule has 1 heterocycles. The van der Waals surface area contributed by atoms with Crippen LogP contribution in [-0.2, 0) is 6.54 Å². The first-order chi connectivity index (χ1) is 10.2. The Balaban J connectivity index is 1.68. The second-order valence-corrected chi connectivity index (χ2v) is 5.12. The lowest BCUT2D eigenvalue weighted by molar-refractivity contribution is 0.626. The number of H-pyrrole nitrogens is 1. The van der Waals surface area contributed by atoms with Crippen LogP contribution in [0.4, 0.5) is 10.1 Å². The van der Waals surface area contributed by atoms with Crippen LogP contribution in [0.25, 0.3) is 11.3 Å². The molecule has 0 amide bonds. The molecule has 21 heavy (non-hydrogen) atoms. The van der Waals surface area contributed by atoms with E-state index in [2.05, 4.69) is 15.5 Å². The maximum Gasteiger partial charge on any atom is 0.125 e. The van der Waals surface area contributed by atoms with E-state index in [9.17, 15) is 4.39 Å². The van der Waals surface area contributed by atoms with Gasteiger partial charge in [0.2, 0.25) is 0 Å². The van der Waals surface area contributed by atoms with Crippen LogP contribution >= 0.6 is 11.6 Å². The summed E-state index contributed by atoms with van der Waals surface area (Å²) in [6, 6.07) is 14.4. The van der Waals surface area contributed by atoms with Gasteiger partial charge in [-0.1, -0.05) is 23.7 Å². The third-order valence-corrected chi connectivity index (χ3v) is 3.33. The first kappa shape index (κ1) is 13.6. The van der Waals surface area contributed by atoms with Gasteiger partial charge in [-0.25, -0.2) is 4.39 Å². The molecule has 2 aromatic carbocycles. The second-order valence-electron chi connectivity index (χ2n) is 4.68. The standard InChI is InChI=1S/C16H13ClFN3/c17-13-7-11(8-14(18)9-13)10-19-15-3-1-12(2-4-15)16-5-6-20-21-16/h1-9,19H,10H2,(H,20,21). The predicted octanol–water partition coefficient (Wildman–Crippen LogP) is 4.48. The zero-order valence-corrected chi connectivity index (χ0v) is 11.9. The van der Waals surface area contributed by atoms with E-state index in [1.807, 2.05) is 30.3 Å². The molecule has 5 heteroatoms. The first-order valence-corrected chi connectivity index (χ1v) is 6.87. The van der Waals surface area contributed by atoms with Crippen molar-refractivity contribution in [3.05, 3.63) is 71.1 Å². The van der Waals surface area contributed by atoms with Gasteiger partial charge in [0, 0.05) is 23.5 Å². The highest BCUT2D eigenvalue weighted by Gasteiger charge is 2.01. The molecular formula is C16H13ClFN3. The van der Waals surface area contributed by atoms with Gasteiger partial charge >= 0.3 is 0 Å². The van der Waals surface area contributed by atoms with E-state index in [0.717, 1.165) is 22.5 Å². The Kier molecular flexibility index (Phi) is 3.88. The summed E-state index contributed by atoms with van der Waals surface area (Å²) in [7, 11) is 0. The van der Waals surface area contributed by atoms with E-state index in [0.29, 0.717) is 11.6 Å². The van der Waals surface area contributed by atoms with Gasteiger partial charge in [-0.15, -0.1) is 0 Å². The van der Waals surface area contributed by atoms with Gasteiger partial charge in [0.05, 0.1) is 5.69 Å². The minimum Gasteiger partial charge on any atom is -0.381 e. The molecule has 0 spiro atoms. The summed E-state index contributed by atoms with van der Waals surface area (Å²) < 4.78 is 13.2. The maximum absolute atomic E-state index is 13.2. The zero-order valence-electron chi connectivity index (χ0n) is 11.1. The summed E-state index contributed by atoms with van der Waals surface area (Å²) in [6.45, 7) is 0.515. The number of halogens is 2. The predicted molar refractivity (Wildman–Crippen MR) is 82.8 cm³/mol. The van der Waals surface area contributed by atoms with Crippen molar-refractivity contribution in [2.75, 3.05) is 5.32 Å². The van der Waals surface area contributed by atoms with Gasteiger partial charge in [-0.05, 0) is 47.5 Å². The third kappa shape index (κ3) is 3.41. The number of rotatable bonds is 4. The number of anilines is 1. The molecule has 0 bridgehead atoms. The summed E-state index contributed by atoms with van der Waals surface area (Å²) in [4.78, 5) is 0. The molecule has 3 rings (SSSR count). The molecule has 0 aliphatic heterocycles. The van der Waals surface area contributed by atoms with Crippen molar-refractivity contribution in [2.24, 2.45) is 0 Å². The summed E-state index contributed by atoms with van der Waals surface area (Å²) in [6.07, 6.45) is 1.72. The molecule has 2 N–H and O–H groups in total. The van der Waals surface area contributed by atoms with Crippen molar-refractivity contribution in [3.8, 4) is 11.3 Å². The fraction of sp³-hybridized carbons (Fsp3) is 0.0625. The van der Waals surface area contributed by atoms with E-state index >= 15 is 0 Å². The molecular weight excluding hydrogens is 289 g/mol. The van der Waals surface area contributed by atoms with Crippen LogP contribution in [-0.4, -0.2) is 10.2 Å². The minimum atomic E-state index is -0.325. The van der Waals surface area contributed by atoms with Gasteiger partial charge in [0.15, 0.2) is 0 Å². The number of nitrogens with one attached hydrogen (secondary N) is 2. The van der Waals surface area contributed by atoms with Crippen LogP contribution in [0.1, 0.15) is 5.56 Å². The number of benzene rings is 2. The van der Waals surface area contributed by atoms with Crippen molar-refractivity contribution in [1.29, 1.82) is 0 Å². The molecule has 0 atom stereocenters. The highest BCUT2D eigenvalue weighted by Crippen LogP contribution is 2.20. The molecule has 0 unspecified atom stereocenters. The van der Waals surface area contributed by atoms with E-state index < -0.39 is 0 Å². The number of aromatic nitrogens is 2. The Morgan fingerprint density at radius 3 is 2.57 bits per heavy atom. The van der Waals surface area contributed by atoms with Gasteiger partial charge in [-0.2, -0.15) is 5.10 Å². The number of hydrogen-bond donors (Lipinski definition) is 2. The van der Waals surface area contributed by atoms with Gasteiger partial charge in [0.25, 0.3) is 0 Å². The summed E-state index contributed by atoms with van der Waals surface area (Å²) in [5, 5.41) is 10.5. The Morgan fingerprint density at radius 2 is 1.90 bits per heavy atom. The normalized spacial score (nSPS) is 10.6.